The van der Waals surface area contributed by atoms with Crippen molar-refractivity contribution in [2.24, 2.45) is 0 Å². The van der Waals surface area contributed by atoms with E-state index >= 15 is 0 Å². The van der Waals surface area contributed by atoms with Gasteiger partial charge in [0.1, 0.15) is 11.3 Å². The van der Waals surface area contributed by atoms with E-state index in [0.717, 1.165) is 6.07 Å². The summed E-state index contributed by atoms with van der Waals surface area (Å²) in [5, 5.41) is 14.1. The third-order valence-corrected chi connectivity index (χ3v) is 4.12. The third kappa shape index (κ3) is 4.77. The monoisotopic (exact) mass is 417 g/mol. The van der Waals surface area contributed by atoms with Gasteiger partial charge in [-0.15, -0.1) is 0 Å². The number of amides is 2. The average Bonchev–Trinajstić information content (AvgIpc) is 2.72. The van der Waals surface area contributed by atoms with E-state index in [2.05, 4.69) is 5.32 Å². The van der Waals surface area contributed by atoms with Crippen LogP contribution in [0.2, 0.25) is 0 Å². The molecule has 0 radical (unpaired) electrons. The molecule has 2 rings (SSSR count). The summed E-state index contributed by atoms with van der Waals surface area (Å²) in [6.45, 7) is 2.01. The lowest BCUT2D eigenvalue weighted by atomic mass is 10.1. The summed E-state index contributed by atoms with van der Waals surface area (Å²) in [5.74, 6) is -0.421. The quantitative estimate of drug-likeness (QED) is 0.518. The molecule has 160 valence electrons. The standard InChI is InChI=1S/C20H23N3O7/c1-6-30-18-10-13(15(23(26)27)11-17(18)29-5)19(24)21-14-9-12(20(25)22(2)3)7-8-16(14)28-4/h7-11H,6H2,1-5H3,(H,21,24). The van der Waals surface area contributed by atoms with Crippen LogP contribution in [-0.2, 0) is 0 Å². The Morgan fingerprint density at radius 1 is 1.07 bits per heavy atom. The molecule has 30 heavy (non-hydrogen) atoms. The topological polar surface area (TPSA) is 120 Å². The molecule has 0 unspecified atom stereocenters. The Kier molecular flexibility index (Phi) is 7.18. The first-order valence-corrected chi connectivity index (χ1v) is 8.93. The van der Waals surface area contributed by atoms with Gasteiger partial charge in [-0.05, 0) is 25.1 Å². The number of carbonyl (C=O) groups excluding carboxylic acids is 2. The Labute approximate surface area is 173 Å². The molecule has 0 saturated carbocycles. The second-order valence-electron chi connectivity index (χ2n) is 6.28. The van der Waals surface area contributed by atoms with Crippen LogP contribution in [0.15, 0.2) is 30.3 Å². The predicted octanol–water partition coefficient (Wildman–Crippen LogP) is 2.96. The summed E-state index contributed by atoms with van der Waals surface area (Å²) in [4.78, 5) is 37.4. The SMILES string of the molecule is CCOc1cc(C(=O)Nc2cc(C(=O)N(C)C)ccc2OC)c([N+](=O)[O-])cc1OC. The highest BCUT2D eigenvalue weighted by Gasteiger charge is 2.26. The van der Waals surface area contributed by atoms with Crippen LogP contribution in [0.5, 0.6) is 17.2 Å². The first kappa shape index (κ1) is 22.5. The van der Waals surface area contributed by atoms with E-state index in [9.17, 15) is 19.7 Å². The van der Waals surface area contributed by atoms with Gasteiger partial charge in [-0.1, -0.05) is 0 Å². The van der Waals surface area contributed by atoms with Crippen molar-refractivity contribution in [3.63, 3.8) is 0 Å². The van der Waals surface area contributed by atoms with Gasteiger partial charge in [0, 0.05) is 25.7 Å². The fourth-order valence-electron chi connectivity index (χ4n) is 2.70. The van der Waals surface area contributed by atoms with Crippen LogP contribution in [0.4, 0.5) is 11.4 Å². The molecule has 10 heteroatoms. The number of carbonyl (C=O) groups is 2. The Bertz CT molecular complexity index is 973. The van der Waals surface area contributed by atoms with Crippen LogP contribution in [0, 0.1) is 10.1 Å². The molecular formula is C20H23N3O7. The number of nitrogens with zero attached hydrogens (tertiary/aromatic N) is 2. The van der Waals surface area contributed by atoms with Crippen LogP contribution in [0.25, 0.3) is 0 Å². The minimum absolute atomic E-state index is 0.135. The van der Waals surface area contributed by atoms with Gasteiger partial charge in [-0.2, -0.15) is 0 Å². The Balaban J connectivity index is 2.51. The van der Waals surface area contributed by atoms with Crippen LogP contribution >= 0.6 is 0 Å². The number of nitro groups is 1. The molecule has 2 aromatic carbocycles. The molecule has 0 aliphatic rings. The van der Waals surface area contributed by atoms with Gasteiger partial charge in [0.05, 0.1) is 37.5 Å². The first-order chi connectivity index (χ1) is 14.2. The first-order valence-electron chi connectivity index (χ1n) is 8.93. The van der Waals surface area contributed by atoms with Crippen LogP contribution < -0.4 is 19.5 Å². The molecule has 0 bridgehead atoms. The molecule has 0 aliphatic heterocycles. The number of benzene rings is 2. The van der Waals surface area contributed by atoms with Crippen molar-refractivity contribution in [1.29, 1.82) is 0 Å². The summed E-state index contributed by atoms with van der Waals surface area (Å²) < 4.78 is 15.8. The Hall–Kier alpha value is -3.82. The summed E-state index contributed by atoms with van der Waals surface area (Å²) in [6, 6.07) is 6.90. The van der Waals surface area contributed by atoms with E-state index in [0.29, 0.717) is 11.3 Å². The molecule has 2 amide bonds. The number of anilines is 1. The largest absolute Gasteiger partial charge is 0.495 e. The van der Waals surface area contributed by atoms with Crippen molar-refractivity contribution in [1.82, 2.24) is 4.90 Å². The van der Waals surface area contributed by atoms with Crippen LogP contribution in [0.3, 0.4) is 0 Å². The predicted molar refractivity (Wildman–Crippen MR) is 110 cm³/mol. The fourth-order valence-corrected chi connectivity index (χ4v) is 2.70. The molecule has 0 saturated heterocycles. The van der Waals surface area contributed by atoms with Crippen molar-refractivity contribution in [3.05, 3.63) is 51.6 Å². The van der Waals surface area contributed by atoms with E-state index in [4.69, 9.17) is 14.2 Å². The zero-order valence-corrected chi connectivity index (χ0v) is 17.3. The Morgan fingerprint density at radius 3 is 2.27 bits per heavy atom. The van der Waals surface area contributed by atoms with Crippen LogP contribution in [0.1, 0.15) is 27.6 Å². The van der Waals surface area contributed by atoms with Gasteiger partial charge in [0.2, 0.25) is 0 Å². The zero-order valence-electron chi connectivity index (χ0n) is 17.3. The smallest absolute Gasteiger partial charge is 0.286 e. The van der Waals surface area contributed by atoms with Gasteiger partial charge in [0.25, 0.3) is 17.5 Å². The van der Waals surface area contributed by atoms with E-state index in [1.54, 1.807) is 27.1 Å². The number of methoxy groups -OCH3 is 2. The second-order valence-corrected chi connectivity index (χ2v) is 6.28. The van der Waals surface area contributed by atoms with Gasteiger partial charge in [0.15, 0.2) is 11.5 Å². The van der Waals surface area contributed by atoms with E-state index in [1.165, 1.54) is 37.3 Å². The van der Waals surface area contributed by atoms with E-state index < -0.39 is 16.5 Å². The molecule has 0 aliphatic carbocycles. The maximum Gasteiger partial charge on any atom is 0.286 e. The van der Waals surface area contributed by atoms with Crippen molar-refractivity contribution in [2.45, 2.75) is 6.92 Å². The molecule has 1 N–H and O–H groups in total. The molecule has 2 aromatic rings. The highest BCUT2D eigenvalue weighted by molar-refractivity contribution is 6.09. The summed E-state index contributed by atoms with van der Waals surface area (Å²) in [5.41, 5.74) is -0.170. The average molecular weight is 417 g/mol. The van der Waals surface area contributed by atoms with Gasteiger partial charge < -0.3 is 24.4 Å². The van der Waals surface area contributed by atoms with Gasteiger partial charge >= 0.3 is 0 Å². The van der Waals surface area contributed by atoms with E-state index in [1.807, 2.05) is 0 Å². The van der Waals surface area contributed by atoms with Crippen molar-refractivity contribution >= 4 is 23.2 Å². The lowest BCUT2D eigenvalue weighted by Crippen LogP contribution is -2.22. The normalized spacial score (nSPS) is 10.2. The lowest BCUT2D eigenvalue weighted by molar-refractivity contribution is -0.385. The van der Waals surface area contributed by atoms with Crippen molar-refractivity contribution in [3.8, 4) is 17.2 Å². The van der Waals surface area contributed by atoms with E-state index in [-0.39, 0.29) is 35.3 Å². The number of hydrogen-bond acceptors (Lipinski definition) is 7. The lowest BCUT2D eigenvalue weighted by Gasteiger charge is -2.15. The number of nitrogens with one attached hydrogen (secondary N) is 1. The third-order valence-electron chi connectivity index (χ3n) is 4.12. The minimum atomic E-state index is -0.766. The molecule has 0 atom stereocenters. The molecule has 0 spiro atoms. The highest BCUT2D eigenvalue weighted by atomic mass is 16.6. The van der Waals surface area contributed by atoms with Crippen molar-refractivity contribution in [2.75, 3.05) is 40.2 Å². The Morgan fingerprint density at radius 2 is 1.73 bits per heavy atom. The fraction of sp³-hybridized carbons (Fsp3) is 0.300. The molecule has 0 fully saturated rings. The number of hydrogen-bond donors (Lipinski definition) is 1. The molecule has 0 heterocycles. The maximum absolute atomic E-state index is 12.9. The number of nitro benzene ring substituents is 1. The highest BCUT2D eigenvalue weighted by Crippen LogP contribution is 2.36. The molecular weight excluding hydrogens is 394 g/mol. The minimum Gasteiger partial charge on any atom is -0.495 e. The number of rotatable bonds is 8. The summed E-state index contributed by atoms with van der Waals surface area (Å²) in [7, 11) is 5.95. The molecule has 10 nitrogen and oxygen atoms in total. The van der Waals surface area contributed by atoms with Gasteiger partial charge in [-0.3, -0.25) is 19.7 Å². The zero-order chi connectivity index (χ0) is 22.4. The number of ether oxygens (including phenoxy) is 3. The van der Waals surface area contributed by atoms with Gasteiger partial charge in [-0.25, -0.2) is 0 Å². The second kappa shape index (κ2) is 9.59. The van der Waals surface area contributed by atoms with Crippen molar-refractivity contribution < 1.29 is 28.7 Å². The maximum atomic E-state index is 12.9. The van der Waals surface area contributed by atoms with Crippen LogP contribution in [-0.4, -0.2) is 56.6 Å². The summed E-state index contributed by atoms with van der Waals surface area (Å²) in [6.07, 6.45) is 0. The summed E-state index contributed by atoms with van der Waals surface area (Å²) >= 11 is 0. The molecule has 0 aromatic heterocycles.